The highest BCUT2D eigenvalue weighted by molar-refractivity contribution is 6.04. The molecule has 5 heteroatoms. The maximum Gasteiger partial charge on any atom is 0.338 e. The molecular weight excluding hydrogens is 280 g/mol. The van der Waals surface area contributed by atoms with E-state index in [4.69, 9.17) is 4.74 Å². The molecule has 0 aliphatic rings. The zero-order valence-corrected chi connectivity index (χ0v) is 12.4. The molecule has 1 heterocycles. The van der Waals surface area contributed by atoms with E-state index in [1.807, 2.05) is 6.92 Å². The Morgan fingerprint density at radius 3 is 2.64 bits per heavy atom. The molecule has 1 amide bonds. The van der Waals surface area contributed by atoms with E-state index in [9.17, 15) is 9.59 Å². The van der Waals surface area contributed by atoms with Crippen molar-refractivity contribution >= 4 is 17.6 Å². The average Bonchev–Trinajstić information content (AvgIpc) is 2.56. The summed E-state index contributed by atoms with van der Waals surface area (Å²) in [7, 11) is 0. The fourth-order valence-corrected chi connectivity index (χ4v) is 1.82. The molecule has 1 aromatic heterocycles. The maximum atomic E-state index is 12.1. The quantitative estimate of drug-likeness (QED) is 0.656. The van der Waals surface area contributed by atoms with E-state index in [2.05, 4.69) is 10.3 Å². The van der Waals surface area contributed by atoms with Crippen LogP contribution in [0.2, 0.25) is 0 Å². The van der Waals surface area contributed by atoms with Crippen LogP contribution in [0.15, 0.2) is 48.8 Å². The van der Waals surface area contributed by atoms with Gasteiger partial charge in [-0.15, -0.1) is 0 Å². The molecule has 0 spiro atoms. The van der Waals surface area contributed by atoms with Gasteiger partial charge in [-0.1, -0.05) is 19.4 Å². The third-order valence-electron chi connectivity index (χ3n) is 3.03. The molecule has 0 radical (unpaired) electrons. The van der Waals surface area contributed by atoms with Gasteiger partial charge in [0.1, 0.15) is 0 Å². The summed E-state index contributed by atoms with van der Waals surface area (Å²) in [6.07, 6.45) is 4.91. The monoisotopic (exact) mass is 298 g/mol. The van der Waals surface area contributed by atoms with Crippen molar-refractivity contribution in [3.8, 4) is 0 Å². The molecule has 0 bridgehead atoms. The zero-order valence-electron chi connectivity index (χ0n) is 12.4. The minimum absolute atomic E-state index is 0.251. The van der Waals surface area contributed by atoms with Gasteiger partial charge in [0.05, 0.1) is 12.2 Å². The van der Waals surface area contributed by atoms with Crippen LogP contribution in [-0.2, 0) is 4.74 Å². The molecule has 0 aliphatic heterocycles. The first kappa shape index (κ1) is 15.7. The molecule has 0 saturated heterocycles. The van der Waals surface area contributed by atoms with Crippen LogP contribution in [0.25, 0.3) is 0 Å². The largest absolute Gasteiger partial charge is 0.462 e. The SMILES string of the molecule is CCCCOC(=O)c1cccc(NC(=O)c2ccncc2)c1. The van der Waals surface area contributed by atoms with Crippen molar-refractivity contribution < 1.29 is 14.3 Å². The van der Waals surface area contributed by atoms with E-state index in [0.29, 0.717) is 23.4 Å². The number of carbonyl (C=O) groups is 2. The predicted octanol–water partition coefficient (Wildman–Crippen LogP) is 3.29. The third-order valence-corrected chi connectivity index (χ3v) is 3.03. The number of benzene rings is 1. The molecule has 0 atom stereocenters. The van der Waals surface area contributed by atoms with Crippen molar-refractivity contribution in [3.63, 3.8) is 0 Å². The van der Waals surface area contributed by atoms with E-state index in [1.54, 1.807) is 48.8 Å². The summed E-state index contributed by atoms with van der Waals surface area (Å²) in [4.78, 5) is 27.8. The lowest BCUT2D eigenvalue weighted by atomic mass is 10.2. The van der Waals surface area contributed by atoms with Crippen LogP contribution < -0.4 is 5.32 Å². The molecule has 0 unspecified atom stereocenters. The smallest absolute Gasteiger partial charge is 0.338 e. The van der Waals surface area contributed by atoms with Crippen LogP contribution in [0.5, 0.6) is 0 Å². The second-order valence-corrected chi connectivity index (χ2v) is 4.76. The number of hydrogen-bond acceptors (Lipinski definition) is 4. The van der Waals surface area contributed by atoms with Crippen molar-refractivity contribution in [1.29, 1.82) is 0 Å². The minimum Gasteiger partial charge on any atom is -0.462 e. The first-order valence-electron chi connectivity index (χ1n) is 7.19. The van der Waals surface area contributed by atoms with E-state index in [-0.39, 0.29) is 11.9 Å². The van der Waals surface area contributed by atoms with Crippen molar-refractivity contribution in [1.82, 2.24) is 4.98 Å². The molecule has 2 aromatic rings. The summed E-state index contributed by atoms with van der Waals surface area (Å²) < 4.78 is 5.15. The molecule has 5 nitrogen and oxygen atoms in total. The minimum atomic E-state index is -0.381. The van der Waals surface area contributed by atoms with Gasteiger partial charge in [0.15, 0.2) is 0 Å². The Hall–Kier alpha value is -2.69. The van der Waals surface area contributed by atoms with E-state index in [0.717, 1.165) is 12.8 Å². The maximum absolute atomic E-state index is 12.1. The molecular formula is C17H18N2O3. The highest BCUT2D eigenvalue weighted by atomic mass is 16.5. The van der Waals surface area contributed by atoms with Crippen LogP contribution in [0.1, 0.15) is 40.5 Å². The lowest BCUT2D eigenvalue weighted by molar-refractivity contribution is 0.0499. The van der Waals surface area contributed by atoms with Gasteiger partial charge in [0, 0.05) is 23.6 Å². The van der Waals surface area contributed by atoms with Crippen LogP contribution in [0.4, 0.5) is 5.69 Å². The zero-order chi connectivity index (χ0) is 15.8. The second-order valence-electron chi connectivity index (χ2n) is 4.76. The molecule has 0 saturated carbocycles. The summed E-state index contributed by atoms with van der Waals surface area (Å²) in [5, 5.41) is 2.75. The Morgan fingerprint density at radius 1 is 1.14 bits per heavy atom. The predicted molar refractivity (Wildman–Crippen MR) is 83.8 cm³/mol. The van der Waals surface area contributed by atoms with Gasteiger partial charge >= 0.3 is 5.97 Å². The number of hydrogen-bond donors (Lipinski definition) is 1. The standard InChI is InChI=1S/C17H18N2O3/c1-2-3-11-22-17(21)14-5-4-6-15(12-14)19-16(20)13-7-9-18-10-8-13/h4-10,12H,2-3,11H2,1H3,(H,19,20). The van der Waals surface area contributed by atoms with Gasteiger partial charge in [-0.25, -0.2) is 4.79 Å². The summed E-state index contributed by atoms with van der Waals surface area (Å²) in [6.45, 7) is 2.44. The summed E-state index contributed by atoms with van der Waals surface area (Å²) >= 11 is 0. The third kappa shape index (κ3) is 4.41. The molecule has 22 heavy (non-hydrogen) atoms. The van der Waals surface area contributed by atoms with Crippen LogP contribution in [0.3, 0.4) is 0 Å². The van der Waals surface area contributed by atoms with Gasteiger partial charge in [-0.05, 0) is 36.8 Å². The van der Waals surface area contributed by atoms with Crippen LogP contribution in [0, 0.1) is 0 Å². The van der Waals surface area contributed by atoms with Crippen LogP contribution in [-0.4, -0.2) is 23.5 Å². The number of carbonyl (C=O) groups excluding carboxylic acids is 2. The molecule has 0 fully saturated rings. The van der Waals surface area contributed by atoms with Gasteiger partial charge in [-0.2, -0.15) is 0 Å². The Balaban J connectivity index is 2.02. The highest BCUT2D eigenvalue weighted by Gasteiger charge is 2.10. The number of ether oxygens (including phenoxy) is 1. The summed E-state index contributed by atoms with van der Waals surface area (Å²) in [5.41, 5.74) is 1.47. The summed E-state index contributed by atoms with van der Waals surface area (Å²) in [5.74, 6) is -0.632. The van der Waals surface area contributed by atoms with Crippen molar-refractivity contribution in [3.05, 3.63) is 59.9 Å². The molecule has 1 aromatic carbocycles. The van der Waals surface area contributed by atoms with E-state index >= 15 is 0 Å². The normalized spacial score (nSPS) is 10.0. The second kappa shape index (κ2) is 7.93. The molecule has 2 rings (SSSR count). The number of esters is 1. The number of pyridine rings is 1. The number of amides is 1. The van der Waals surface area contributed by atoms with E-state index in [1.165, 1.54) is 0 Å². The number of aromatic nitrogens is 1. The first-order valence-corrected chi connectivity index (χ1v) is 7.19. The van der Waals surface area contributed by atoms with Gasteiger partial charge in [0.25, 0.3) is 5.91 Å². The van der Waals surface area contributed by atoms with Crippen molar-refractivity contribution in [2.75, 3.05) is 11.9 Å². The van der Waals surface area contributed by atoms with Crippen LogP contribution >= 0.6 is 0 Å². The van der Waals surface area contributed by atoms with Gasteiger partial charge in [0.2, 0.25) is 0 Å². The van der Waals surface area contributed by atoms with Crippen molar-refractivity contribution in [2.45, 2.75) is 19.8 Å². The average molecular weight is 298 g/mol. The number of rotatable bonds is 6. The summed E-state index contributed by atoms with van der Waals surface area (Å²) in [6, 6.07) is 9.95. The molecule has 114 valence electrons. The Kier molecular flexibility index (Phi) is 5.65. The molecule has 0 aliphatic carbocycles. The number of nitrogens with zero attached hydrogens (tertiary/aromatic N) is 1. The fourth-order valence-electron chi connectivity index (χ4n) is 1.82. The Bertz CT molecular complexity index is 641. The number of unbranched alkanes of at least 4 members (excludes halogenated alkanes) is 1. The topological polar surface area (TPSA) is 68.3 Å². The lowest BCUT2D eigenvalue weighted by Crippen LogP contribution is -2.13. The van der Waals surface area contributed by atoms with E-state index < -0.39 is 0 Å². The van der Waals surface area contributed by atoms with Crippen molar-refractivity contribution in [2.24, 2.45) is 0 Å². The lowest BCUT2D eigenvalue weighted by Gasteiger charge is -2.08. The first-order chi connectivity index (χ1) is 10.7. The highest BCUT2D eigenvalue weighted by Crippen LogP contribution is 2.13. The fraction of sp³-hybridized carbons (Fsp3) is 0.235. The number of nitrogens with one attached hydrogen (secondary N) is 1. The number of anilines is 1. The molecule has 1 N–H and O–H groups in total. The van der Waals surface area contributed by atoms with Gasteiger partial charge in [-0.3, -0.25) is 9.78 Å². The Morgan fingerprint density at radius 2 is 1.91 bits per heavy atom. The van der Waals surface area contributed by atoms with Gasteiger partial charge < -0.3 is 10.1 Å². The Labute approximate surface area is 129 Å².